The molecule has 0 aromatic carbocycles. The minimum atomic E-state index is -2.01. The maximum absolute atomic E-state index is 10.6. The molecule has 11 heavy (non-hydrogen) atoms. The second-order valence-electron chi connectivity index (χ2n) is 3.00. The summed E-state index contributed by atoms with van der Waals surface area (Å²) < 4.78 is 19.8. The molecule has 0 radical (unpaired) electrons. The van der Waals surface area contributed by atoms with Gasteiger partial charge in [-0.25, -0.2) is 0 Å². The number of hydrogen-bond acceptors (Lipinski definition) is 4. The second-order valence-corrected chi connectivity index (χ2v) is 4.07. The molecule has 4 nitrogen and oxygen atoms in total. The first-order valence-electron chi connectivity index (χ1n) is 3.27. The van der Waals surface area contributed by atoms with E-state index in [2.05, 4.69) is 4.52 Å². The monoisotopic (exact) mass is 181 g/mol. The molecule has 0 fully saturated rings. The lowest BCUT2D eigenvalue weighted by atomic mass is 9.97. The Morgan fingerprint density at radius 2 is 2.09 bits per heavy atom. The third-order valence-corrected chi connectivity index (χ3v) is 1.78. The molecule has 66 valence electrons. The van der Waals surface area contributed by atoms with Gasteiger partial charge >= 0.3 is 8.25 Å². The van der Waals surface area contributed by atoms with Gasteiger partial charge in [0.05, 0.1) is 13.7 Å². The highest BCUT2D eigenvalue weighted by atomic mass is 31.1. The van der Waals surface area contributed by atoms with Gasteiger partial charge in [-0.15, -0.1) is 9.05 Å². The van der Waals surface area contributed by atoms with Crippen LogP contribution in [0.15, 0.2) is 0 Å². The Morgan fingerprint density at radius 1 is 1.55 bits per heavy atom. The molecule has 5 heteroatoms. The fourth-order valence-corrected chi connectivity index (χ4v) is 0.886. The van der Waals surface area contributed by atoms with Gasteiger partial charge < -0.3 is 5.11 Å². The van der Waals surface area contributed by atoms with E-state index in [-0.39, 0.29) is 18.6 Å². The van der Waals surface area contributed by atoms with E-state index < -0.39 is 8.25 Å². The lowest BCUT2D eigenvalue weighted by Gasteiger charge is -2.16. The zero-order chi connectivity index (χ0) is 8.91. The van der Waals surface area contributed by atoms with Gasteiger partial charge in [-0.2, -0.15) is 0 Å². The van der Waals surface area contributed by atoms with Crippen LogP contribution in [0.25, 0.3) is 0 Å². The molecular weight excluding hydrogens is 167 g/mol. The van der Waals surface area contributed by atoms with E-state index in [4.69, 9.17) is 9.63 Å². The van der Waals surface area contributed by atoms with Gasteiger partial charge in [-0.1, -0.05) is 13.8 Å². The van der Waals surface area contributed by atoms with E-state index in [1.807, 2.05) is 13.8 Å². The molecule has 0 aromatic rings. The van der Waals surface area contributed by atoms with Crippen molar-refractivity contribution in [2.45, 2.75) is 13.8 Å². The van der Waals surface area contributed by atoms with Crippen molar-refractivity contribution in [3.63, 3.8) is 0 Å². The smallest absolute Gasteiger partial charge is 0.396 e. The number of hydrogen-bond donors (Lipinski definition) is 1. The summed E-state index contributed by atoms with van der Waals surface area (Å²) in [6.07, 6.45) is 0. The zero-order valence-corrected chi connectivity index (χ0v) is 7.93. The molecule has 0 aliphatic rings. The molecular formula is C6H14O4P+. The molecule has 0 bridgehead atoms. The van der Waals surface area contributed by atoms with Gasteiger partial charge in [0.1, 0.15) is 6.61 Å². The van der Waals surface area contributed by atoms with Gasteiger partial charge in [0.25, 0.3) is 0 Å². The van der Waals surface area contributed by atoms with Gasteiger partial charge in [0.2, 0.25) is 0 Å². The van der Waals surface area contributed by atoms with Crippen LogP contribution in [0.1, 0.15) is 13.8 Å². The molecule has 0 saturated heterocycles. The Labute approximate surface area is 67.5 Å². The lowest BCUT2D eigenvalue weighted by molar-refractivity contribution is 0.0928. The van der Waals surface area contributed by atoms with Crippen molar-refractivity contribution in [3.05, 3.63) is 0 Å². The van der Waals surface area contributed by atoms with Crippen LogP contribution in [-0.2, 0) is 13.6 Å². The summed E-state index contributed by atoms with van der Waals surface area (Å²) in [5.41, 5.74) is -0.358. The van der Waals surface area contributed by atoms with Crippen molar-refractivity contribution in [2.75, 3.05) is 20.3 Å². The molecule has 0 heterocycles. The predicted molar refractivity (Wildman–Crippen MR) is 41.4 cm³/mol. The van der Waals surface area contributed by atoms with Crippen LogP contribution in [0, 0.1) is 5.41 Å². The van der Waals surface area contributed by atoms with Crippen LogP contribution >= 0.6 is 8.25 Å². The van der Waals surface area contributed by atoms with Crippen LogP contribution < -0.4 is 0 Å². The minimum Gasteiger partial charge on any atom is -0.396 e. The average molecular weight is 181 g/mol. The summed E-state index contributed by atoms with van der Waals surface area (Å²) >= 11 is 0. The summed E-state index contributed by atoms with van der Waals surface area (Å²) in [4.78, 5) is 0. The van der Waals surface area contributed by atoms with Crippen LogP contribution in [0.5, 0.6) is 0 Å². The Hall–Kier alpha value is -0.0200. The summed E-state index contributed by atoms with van der Waals surface area (Å²) in [6, 6.07) is 0. The highest BCUT2D eigenvalue weighted by Gasteiger charge is 2.25. The van der Waals surface area contributed by atoms with Crippen molar-refractivity contribution in [1.82, 2.24) is 0 Å². The van der Waals surface area contributed by atoms with Crippen molar-refractivity contribution in [1.29, 1.82) is 0 Å². The minimum absolute atomic E-state index is 0.000111. The van der Waals surface area contributed by atoms with Gasteiger partial charge in [-0.05, 0) is 0 Å². The van der Waals surface area contributed by atoms with Crippen LogP contribution in [0.2, 0.25) is 0 Å². The van der Waals surface area contributed by atoms with E-state index in [1.54, 1.807) is 0 Å². The molecule has 1 atom stereocenters. The van der Waals surface area contributed by atoms with Gasteiger partial charge in [0, 0.05) is 9.98 Å². The quantitative estimate of drug-likeness (QED) is 0.650. The normalized spacial score (nSPS) is 13.3. The Balaban J connectivity index is 3.61. The van der Waals surface area contributed by atoms with Crippen molar-refractivity contribution in [2.24, 2.45) is 5.41 Å². The molecule has 0 rings (SSSR count). The molecule has 0 saturated carbocycles. The summed E-state index contributed by atoms with van der Waals surface area (Å²) in [6.45, 7) is 3.85. The largest absolute Gasteiger partial charge is 0.697 e. The average Bonchev–Trinajstić information content (AvgIpc) is 2.00. The van der Waals surface area contributed by atoms with Gasteiger partial charge in [-0.3, -0.25) is 0 Å². The molecule has 0 aliphatic heterocycles. The fourth-order valence-electron chi connectivity index (χ4n) is 0.326. The first-order valence-corrected chi connectivity index (χ1v) is 4.36. The third kappa shape index (κ3) is 5.27. The van der Waals surface area contributed by atoms with Gasteiger partial charge in [0.15, 0.2) is 0 Å². The summed E-state index contributed by atoms with van der Waals surface area (Å²) in [5.74, 6) is 0. The Bertz CT molecular complexity index is 135. The number of rotatable bonds is 5. The molecule has 1 unspecified atom stereocenters. The first-order chi connectivity index (χ1) is 5.02. The Morgan fingerprint density at radius 3 is 2.45 bits per heavy atom. The SMILES string of the molecule is CO[P+](=O)OCC(C)(C)CO. The molecule has 0 aromatic heterocycles. The lowest BCUT2D eigenvalue weighted by Crippen LogP contribution is -2.22. The zero-order valence-electron chi connectivity index (χ0n) is 7.03. The van der Waals surface area contributed by atoms with Crippen molar-refractivity contribution >= 4 is 8.25 Å². The van der Waals surface area contributed by atoms with Crippen LogP contribution in [0.4, 0.5) is 0 Å². The molecule has 0 aliphatic carbocycles. The predicted octanol–water partition coefficient (Wildman–Crippen LogP) is 1.33. The summed E-state index contributed by atoms with van der Waals surface area (Å²) in [5, 5.41) is 8.76. The summed E-state index contributed by atoms with van der Waals surface area (Å²) in [7, 11) is -0.699. The third-order valence-electron chi connectivity index (χ3n) is 1.14. The highest BCUT2D eigenvalue weighted by Crippen LogP contribution is 2.26. The van der Waals surface area contributed by atoms with E-state index in [9.17, 15) is 4.57 Å². The number of aliphatic hydroxyl groups excluding tert-OH is 1. The van der Waals surface area contributed by atoms with E-state index in [0.717, 1.165) is 0 Å². The standard InChI is InChI=1S/C6H14O4P/c1-6(2,4-7)5-10-11(8)9-3/h7H,4-5H2,1-3H3/q+1. The van der Waals surface area contributed by atoms with E-state index >= 15 is 0 Å². The van der Waals surface area contributed by atoms with Crippen LogP contribution in [-0.4, -0.2) is 25.4 Å². The van der Waals surface area contributed by atoms with Crippen LogP contribution in [0.3, 0.4) is 0 Å². The van der Waals surface area contributed by atoms with Crippen molar-refractivity contribution in [3.8, 4) is 0 Å². The maximum Gasteiger partial charge on any atom is 0.697 e. The molecule has 1 N–H and O–H groups in total. The second kappa shape index (κ2) is 4.78. The molecule has 0 spiro atoms. The molecule has 0 amide bonds. The van der Waals surface area contributed by atoms with E-state index in [1.165, 1.54) is 7.11 Å². The topological polar surface area (TPSA) is 55.8 Å². The first kappa shape index (κ1) is 11.0. The van der Waals surface area contributed by atoms with E-state index in [0.29, 0.717) is 0 Å². The number of aliphatic hydroxyl groups is 1. The highest BCUT2D eigenvalue weighted by molar-refractivity contribution is 7.33. The maximum atomic E-state index is 10.6. The van der Waals surface area contributed by atoms with Crippen molar-refractivity contribution < 1.29 is 18.7 Å². The Kier molecular flexibility index (Phi) is 4.77. The fraction of sp³-hybridized carbons (Fsp3) is 1.00.